The number of ketones is 2. The van der Waals surface area contributed by atoms with Crippen molar-refractivity contribution in [2.75, 3.05) is 0 Å². The van der Waals surface area contributed by atoms with E-state index >= 15 is 0 Å². The fourth-order valence-electron chi connectivity index (χ4n) is 2.41. The lowest BCUT2D eigenvalue weighted by Crippen LogP contribution is -2.18. The number of benzene rings is 2. The van der Waals surface area contributed by atoms with E-state index in [2.05, 4.69) is 0 Å². The van der Waals surface area contributed by atoms with Crippen LogP contribution in [0.1, 0.15) is 41.8 Å². The van der Waals surface area contributed by atoms with Crippen LogP contribution in [0.3, 0.4) is 0 Å². The van der Waals surface area contributed by atoms with Gasteiger partial charge in [-0.1, -0.05) is 36.4 Å². The molecule has 5 nitrogen and oxygen atoms in total. The number of carbonyl (C=O) groups is 3. The van der Waals surface area contributed by atoms with E-state index in [1.54, 1.807) is 12.1 Å². The van der Waals surface area contributed by atoms with E-state index in [4.69, 9.17) is 9.84 Å². The molecular weight excluding hydrogens is 320 g/mol. The fourth-order valence-corrected chi connectivity index (χ4v) is 2.41. The molecule has 2 rings (SSSR count). The topological polar surface area (TPSA) is 80.7 Å². The quantitative estimate of drug-likeness (QED) is 0.453. The van der Waals surface area contributed by atoms with E-state index < -0.39 is 24.0 Å². The van der Waals surface area contributed by atoms with Crippen molar-refractivity contribution < 1.29 is 24.2 Å². The first-order valence-corrected chi connectivity index (χ1v) is 7.99. The lowest BCUT2D eigenvalue weighted by atomic mass is 9.98. The van der Waals surface area contributed by atoms with Crippen molar-refractivity contribution in [1.82, 2.24) is 0 Å². The summed E-state index contributed by atoms with van der Waals surface area (Å²) in [7, 11) is 0. The molecule has 130 valence electrons. The number of carboxylic acid groups (broad SMARTS) is 1. The third kappa shape index (κ3) is 5.28. The number of hydrogen-bond acceptors (Lipinski definition) is 4. The van der Waals surface area contributed by atoms with Crippen molar-refractivity contribution in [3.8, 4) is 5.75 Å². The standard InChI is InChI=1S/C20H20O5/c1-13(2)25-19-9-8-15(10-14-6-4-3-5-7-14)11-16(19)17(21)12-18(22)20(23)24/h3-9,11,13H,10,12H2,1-2H3,(H,23,24). The van der Waals surface area contributed by atoms with Gasteiger partial charge in [-0.05, 0) is 43.5 Å². The van der Waals surface area contributed by atoms with Crippen molar-refractivity contribution in [2.24, 2.45) is 0 Å². The average Bonchev–Trinajstić information content (AvgIpc) is 2.56. The van der Waals surface area contributed by atoms with Crippen molar-refractivity contribution in [1.29, 1.82) is 0 Å². The minimum absolute atomic E-state index is 0.151. The zero-order valence-electron chi connectivity index (χ0n) is 14.2. The molecule has 0 amide bonds. The highest BCUT2D eigenvalue weighted by Crippen LogP contribution is 2.24. The Morgan fingerprint density at radius 2 is 1.68 bits per heavy atom. The van der Waals surface area contributed by atoms with E-state index in [1.807, 2.05) is 50.2 Å². The van der Waals surface area contributed by atoms with Gasteiger partial charge in [0.2, 0.25) is 5.78 Å². The third-order valence-corrected chi connectivity index (χ3v) is 3.52. The van der Waals surface area contributed by atoms with Crippen molar-refractivity contribution in [3.63, 3.8) is 0 Å². The summed E-state index contributed by atoms with van der Waals surface area (Å²) in [6, 6.07) is 15.0. The molecule has 0 unspecified atom stereocenters. The van der Waals surface area contributed by atoms with E-state index in [1.165, 1.54) is 0 Å². The summed E-state index contributed by atoms with van der Waals surface area (Å²) in [4.78, 5) is 34.5. The summed E-state index contributed by atoms with van der Waals surface area (Å²) in [6.45, 7) is 3.66. The molecule has 0 radical (unpaired) electrons. The minimum Gasteiger partial charge on any atom is -0.490 e. The Morgan fingerprint density at radius 3 is 2.28 bits per heavy atom. The number of carbonyl (C=O) groups excluding carboxylic acids is 2. The fraction of sp³-hybridized carbons (Fsp3) is 0.250. The van der Waals surface area contributed by atoms with Crippen LogP contribution in [0.5, 0.6) is 5.75 Å². The molecule has 0 heterocycles. The number of hydrogen-bond donors (Lipinski definition) is 1. The van der Waals surface area contributed by atoms with Gasteiger partial charge in [0.1, 0.15) is 5.75 Å². The highest BCUT2D eigenvalue weighted by Gasteiger charge is 2.21. The first-order chi connectivity index (χ1) is 11.9. The number of Topliss-reactive ketones (excluding diaryl/α,β-unsaturated/α-hetero) is 2. The van der Waals surface area contributed by atoms with Crippen LogP contribution in [-0.2, 0) is 16.0 Å². The zero-order chi connectivity index (χ0) is 18.4. The first kappa shape index (κ1) is 18.4. The Bertz CT molecular complexity index is 778. The summed E-state index contributed by atoms with van der Waals surface area (Å²) in [5.74, 6) is -2.94. The van der Waals surface area contributed by atoms with Crippen molar-refractivity contribution in [3.05, 3.63) is 65.2 Å². The lowest BCUT2D eigenvalue weighted by molar-refractivity contribution is -0.148. The summed E-state index contributed by atoms with van der Waals surface area (Å²) < 4.78 is 5.63. The minimum atomic E-state index is -1.61. The summed E-state index contributed by atoms with van der Waals surface area (Å²) in [5, 5.41) is 8.71. The monoisotopic (exact) mass is 340 g/mol. The van der Waals surface area contributed by atoms with Crippen LogP contribution in [0.15, 0.2) is 48.5 Å². The van der Waals surface area contributed by atoms with Gasteiger partial charge >= 0.3 is 5.97 Å². The maximum absolute atomic E-state index is 12.4. The average molecular weight is 340 g/mol. The van der Waals surface area contributed by atoms with Gasteiger partial charge < -0.3 is 9.84 Å². The largest absolute Gasteiger partial charge is 0.490 e. The second-order valence-corrected chi connectivity index (χ2v) is 5.99. The second kappa shape index (κ2) is 8.24. The van der Waals surface area contributed by atoms with Crippen LogP contribution in [-0.4, -0.2) is 28.7 Å². The molecule has 0 saturated heterocycles. The Labute approximate surface area is 146 Å². The van der Waals surface area contributed by atoms with Gasteiger partial charge in [-0.2, -0.15) is 0 Å². The van der Waals surface area contributed by atoms with Crippen LogP contribution in [0.2, 0.25) is 0 Å². The van der Waals surface area contributed by atoms with Gasteiger partial charge in [-0.15, -0.1) is 0 Å². The second-order valence-electron chi connectivity index (χ2n) is 5.99. The summed E-state index contributed by atoms with van der Waals surface area (Å²) in [6.07, 6.45) is -0.212. The lowest BCUT2D eigenvalue weighted by Gasteiger charge is -2.15. The smallest absolute Gasteiger partial charge is 0.372 e. The molecule has 0 atom stereocenters. The van der Waals surface area contributed by atoms with Gasteiger partial charge in [-0.3, -0.25) is 9.59 Å². The molecule has 0 saturated carbocycles. The SMILES string of the molecule is CC(C)Oc1ccc(Cc2ccccc2)cc1C(=O)CC(=O)C(=O)O. The summed E-state index contributed by atoms with van der Waals surface area (Å²) in [5.41, 5.74) is 2.20. The van der Waals surface area contributed by atoms with Crippen LogP contribution < -0.4 is 4.74 Å². The van der Waals surface area contributed by atoms with Crippen molar-refractivity contribution >= 4 is 17.5 Å². The normalized spacial score (nSPS) is 10.5. The number of aliphatic carboxylic acids is 1. The molecule has 0 spiro atoms. The van der Waals surface area contributed by atoms with Crippen LogP contribution in [0, 0.1) is 0 Å². The van der Waals surface area contributed by atoms with Gasteiger partial charge in [0.15, 0.2) is 5.78 Å². The van der Waals surface area contributed by atoms with Gasteiger partial charge in [0.25, 0.3) is 0 Å². The molecule has 0 aromatic heterocycles. The highest BCUT2D eigenvalue weighted by molar-refractivity contribution is 6.37. The Morgan fingerprint density at radius 1 is 1.00 bits per heavy atom. The molecule has 1 N–H and O–H groups in total. The molecule has 2 aromatic carbocycles. The Kier molecular flexibility index (Phi) is 6.06. The van der Waals surface area contributed by atoms with Crippen LogP contribution in [0.4, 0.5) is 0 Å². The van der Waals surface area contributed by atoms with E-state index in [-0.39, 0.29) is 11.7 Å². The van der Waals surface area contributed by atoms with Crippen molar-refractivity contribution in [2.45, 2.75) is 32.8 Å². The van der Waals surface area contributed by atoms with E-state index in [0.717, 1.165) is 11.1 Å². The highest BCUT2D eigenvalue weighted by atomic mass is 16.5. The van der Waals surface area contributed by atoms with E-state index in [0.29, 0.717) is 12.2 Å². The molecule has 0 aliphatic carbocycles. The third-order valence-electron chi connectivity index (χ3n) is 3.52. The molecule has 0 bridgehead atoms. The predicted molar refractivity (Wildman–Crippen MR) is 93.0 cm³/mol. The maximum Gasteiger partial charge on any atom is 0.372 e. The molecule has 5 heteroatoms. The van der Waals surface area contributed by atoms with Crippen LogP contribution >= 0.6 is 0 Å². The van der Waals surface area contributed by atoms with E-state index in [9.17, 15) is 14.4 Å². The number of carboxylic acids is 1. The van der Waals surface area contributed by atoms with Crippen LogP contribution in [0.25, 0.3) is 0 Å². The zero-order valence-corrected chi connectivity index (χ0v) is 14.2. The van der Waals surface area contributed by atoms with Gasteiger partial charge in [-0.25, -0.2) is 4.79 Å². The molecule has 0 aliphatic heterocycles. The Balaban J connectivity index is 2.31. The molecule has 2 aromatic rings. The number of rotatable bonds is 8. The van der Waals surface area contributed by atoms with Gasteiger partial charge in [0, 0.05) is 0 Å². The maximum atomic E-state index is 12.4. The molecule has 25 heavy (non-hydrogen) atoms. The predicted octanol–water partition coefficient (Wildman–Crippen LogP) is 3.29. The first-order valence-electron chi connectivity index (χ1n) is 7.99. The number of ether oxygens (including phenoxy) is 1. The molecule has 0 fully saturated rings. The summed E-state index contributed by atoms with van der Waals surface area (Å²) >= 11 is 0. The van der Waals surface area contributed by atoms with Gasteiger partial charge in [0.05, 0.1) is 18.1 Å². The Hall–Kier alpha value is -2.95. The molecule has 0 aliphatic rings. The molecular formula is C20H20O5.